The second kappa shape index (κ2) is 7.69. The first-order valence-electron chi connectivity index (χ1n) is 6.88. The lowest BCUT2D eigenvalue weighted by atomic mass is 10.3. The zero-order chi connectivity index (χ0) is 16.9. The lowest BCUT2D eigenvalue weighted by Crippen LogP contribution is -2.14. The minimum absolute atomic E-state index is 0.178. The molecule has 6 nitrogen and oxygen atoms in total. The van der Waals surface area contributed by atoms with E-state index in [1.165, 1.54) is 18.9 Å². The number of halogens is 1. The number of methoxy groups -OCH3 is 1. The Morgan fingerprint density at radius 2 is 2.33 bits per heavy atom. The fourth-order valence-corrected chi connectivity index (χ4v) is 3.36. The van der Waals surface area contributed by atoms with Gasteiger partial charge < -0.3 is 10.1 Å². The highest BCUT2D eigenvalue weighted by atomic mass is 35.5. The van der Waals surface area contributed by atoms with Gasteiger partial charge in [-0.25, -0.2) is 4.98 Å². The molecule has 3 rings (SSSR count). The second-order valence-electron chi connectivity index (χ2n) is 4.63. The van der Waals surface area contributed by atoms with E-state index >= 15 is 0 Å². The first-order chi connectivity index (χ1) is 11.7. The third-order valence-electron chi connectivity index (χ3n) is 2.99. The van der Waals surface area contributed by atoms with E-state index in [0.717, 1.165) is 4.88 Å². The molecule has 0 aliphatic carbocycles. The summed E-state index contributed by atoms with van der Waals surface area (Å²) in [6.07, 6.45) is 0. The quantitative estimate of drug-likeness (QED) is 0.633. The van der Waals surface area contributed by atoms with Crippen molar-refractivity contribution in [1.29, 1.82) is 0 Å². The number of nitrogens with one attached hydrogen (secondary N) is 2. The average Bonchev–Trinajstić information content (AvgIpc) is 3.24. The Balaban J connectivity index is 1.59. The van der Waals surface area contributed by atoms with Gasteiger partial charge in [-0.3, -0.25) is 9.89 Å². The zero-order valence-electron chi connectivity index (χ0n) is 12.6. The number of rotatable bonds is 6. The Labute approximate surface area is 151 Å². The largest absolute Gasteiger partial charge is 0.495 e. The van der Waals surface area contributed by atoms with Gasteiger partial charge in [0.15, 0.2) is 5.82 Å². The van der Waals surface area contributed by atoms with Crippen LogP contribution in [0.2, 0.25) is 5.02 Å². The van der Waals surface area contributed by atoms with Crippen molar-refractivity contribution in [2.24, 2.45) is 0 Å². The number of carbonyl (C=O) groups is 1. The number of nitrogens with zero attached hydrogens (tertiary/aromatic N) is 2. The van der Waals surface area contributed by atoms with E-state index in [2.05, 4.69) is 20.5 Å². The van der Waals surface area contributed by atoms with Gasteiger partial charge in [-0.15, -0.1) is 16.4 Å². The van der Waals surface area contributed by atoms with Crippen LogP contribution in [0.5, 0.6) is 5.75 Å². The van der Waals surface area contributed by atoms with Crippen molar-refractivity contribution in [1.82, 2.24) is 15.2 Å². The summed E-state index contributed by atoms with van der Waals surface area (Å²) in [5, 5.41) is 12.8. The number of carbonyl (C=O) groups excluding carboxylic acids is 1. The number of hydrogen-bond acceptors (Lipinski definition) is 6. The molecule has 0 fully saturated rings. The van der Waals surface area contributed by atoms with Gasteiger partial charge in [-0.05, 0) is 29.6 Å². The van der Waals surface area contributed by atoms with Gasteiger partial charge in [-0.1, -0.05) is 29.4 Å². The first-order valence-corrected chi connectivity index (χ1v) is 9.12. The van der Waals surface area contributed by atoms with E-state index in [9.17, 15) is 4.79 Å². The maximum atomic E-state index is 12.1. The van der Waals surface area contributed by atoms with Crippen molar-refractivity contribution in [2.45, 2.75) is 5.16 Å². The van der Waals surface area contributed by atoms with Crippen molar-refractivity contribution >= 4 is 46.3 Å². The summed E-state index contributed by atoms with van der Waals surface area (Å²) in [6.45, 7) is 0. The maximum Gasteiger partial charge on any atom is 0.234 e. The summed E-state index contributed by atoms with van der Waals surface area (Å²) < 4.78 is 5.20. The molecule has 1 amide bonds. The summed E-state index contributed by atoms with van der Waals surface area (Å²) in [7, 11) is 1.54. The van der Waals surface area contributed by atoms with Crippen molar-refractivity contribution in [3.8, 4) is 16.5 Å². The van der Waals surface area contributed by atoms with E-state index in [1.807, 2.05) is 17.5 Å². The third-order valence-corrected chi connectivity index (χ3v) is 4.95. The van der Waals surface area contributed by atoms with Crippen LogP contribution in [-0.4, -0.2) is 34.0 Å². The van der Waals surface area contributed by atoms with Crippen molar-refractivity contribution in [3.63, 3.8) is 0 Å². The lowest BCUT2D eigenvalue weighted by molar-refractivity contribution is -0.113. The van der Waals surface area contributed by atoms with Gasteiger partial charge in [0.05, 0.1) is 23.4 Å². The molecule has 0 atom stereocenters. The van der Waals surface area contributed by atoms with E-state index in [0.29, 0.717) is 27.4 Å². The number of H-pyrrole nitrogens is 1. The molecule has 2 heterocycles. The van der Waals surface area contributed by atoms with Gasteiger partial charge in [0.25, 0.3) is 0 Å². The number of benzene rings is 1. The van der Waals surface area contributed by atoms with Gasteiger partial charge in [0, 0.05) is 5.02 Å². The van der Waals surface area contributed by atoms with Gasteiger partial charge in [-0.2, -0.15) is 0 Å². The molecular weight excluding hydrogens is 368 g/mol. The Hall–Kier alpha value is -2.03. The molecule has 2 aromatic heterocycles. The van der Waals surface area contributed by atoms with Crippen LogP contribution in [0.4, 0.5) is 5.69 Å². The molecule has 0 saturated heterocycles. The topological polar surface area (TPSA) is 79.9 Å². The van der Waals surface area contributed by atoms with Crippen LogP contribution >= 0.6 is 34.7 Å². The second-order valence-corrected chi connectivity index (χ2v) is 6.95. The minimum Gasteiger partial charge on any atom is -0.495 e. The molecule has 1 aromatic carbocycles. The first kappa shape index (κ1) is 16.8. The van der Waals surface area contributed by atoms with Gasteiger partial charge in [0.2, 0.25) is 11.1 Å². The van der Waals surface area contributed by atoms with Crippen LogP contribution < -0.4 is 10.1 Å². The van der Waals surface area contributed by atoms with Crippen LogP contribution in [-0.2, 0) is 4.79 Å². The highest BCUT2D eigenvalue weighted by Gasteiger charge is 2.12. The van der Waals surface area contributed by atoms with E-state index < -0.39 is 0 Å². The molecule has 0 aliphatic heterocycles. The average molecular weight is 381 g/mol. The fraction of sp³-hybridized carbons (Fsp3) is 0.133. The number of thioether (sulfide) groups is 1. The molecule has 24 heavy (non-hydrogen) atoms. The Morgan fingerprint density at radius 1 is 1.46 bits per heavy atom. The predicted octanol–water partition coefficient (Wildman–Crippen LogP) is 3.93. The van der Waals surface area contributed by atoms with Gasteiger partial charge in [0.1, 0.15) is 5.75 Å². The van der Waals surface area contributed by atoms with Gasteiger partial charge >= 0.3 is 0 Å². The number of ether oxygens (including phenoxy) is 1. The number of aromatic amines is 1. The van der Waals surface area contributed by atoms with E-state index in [-0.39, 0.29) is 11.7 Å². The SMILES string of the molecule is COc1ccc(Cl)cc1NC(=O)CSc1n[nH]c(-c2cccs2)n1. The minimum atomic E-state index is -0.192. The summed E-state index contributed by atoms with van der Waals surface area (Å²) in [6, 6.07) is 8.95. The molecule has 0 spiro atoms. The number of thiophene rings is 1. The molecule has 124 valence electrons. The van der Waals surface area contributed by atoms with E-state index in [1.54, 1.807) is 29.5 Å². The number of aromatic nitrogens is 3. The molecular formula is C15H13ClN4O2S2. The molecule has 2 N–H and O–H groups in total. The lowest BCUT2D eigenvalue weighted by Gasteiger charge is -2.09. The summed E-state index contributed by atoms with van der Waals surface area (Å²) in [4.78, 5) is 17.5. The predicted molar refractivity (Wildman–Crippen MR) is 97.1 cm³/mol. The Bertz CT molecular complexity index is 836. The monoisotopic (exact) mass is 380 g/mol. The molecule has 0 saturated carbocycles. The summed E-state index contributed by atoms with van der Waals surface area (Å²) in [5.74, 6) is 1.24. The van der Waals surface area contributed by atoms with E-state index in [4.69, 9.17) is 16.3 Å². The highest BCUT2D eigenvalue weighted by Crippen LogP contribution is 2.28. The highest BCUT2D eigenvalue weighted by molar-refractivity contribution is 7.99. The molecule has 0 radical (unpaired) electrons. The summed E-state index contributed by atoms with van der Waals surface area (Å²) in [5.41, 5.74) is 0.532. The van der Waals surface area contributed by atoms with Crippen molar-refractivity contribution in [2.75, 3.05) is 18.2 Å². The normalized spacial score (nSPS) is 10.6. The zero-order valence-corrected chi connectivity index (χ0v) is 15.0. The summed E-state index contributed by atoms with van der Waals surface area (Å²) >= 11 is 8.77. The molecule has 0 bridgehead atoms. The maximum absolute atomic E-state index is 12.1. The Morgan fingerprint density at radius 3 is 3.08 bits per heavy atom. The fourth-order valence-electron chi connectivity index (χ4n) is 1.93. The van der Waals surface area contributed by atoms with Crippen molar-refractivity contribution < 1.29 is 9.53 Å². The van der Waals surface area contributed by atoms with Crippen molar-refractivity contribution in [3.05, 3.63) is 40.7 Å². The molecule has 3 aromatic rings. The molecule has 0 aliphatic rings. The number of hydrogen-bond donors (Lipinski definition) is 2. The molecule has 9 heteroatoms. The van der Waals surface area contributed by atoms with Crippen LogP contribution in [0.3, 0.4) is 0 Å². The molecule has 0 unspecified atom stereocenters. The van der Waals surface area contributed by atoms with Crippen LogP contribution in [0.15, 0.2) is 40.9 Å². The van der Waals surface area contributed by atoms with Crippen LogP contribution in [0.1, 0.15) is 0 Å². The number of amides is 1. The Kier molecular flexibility index (Phi) is 5.39. The number of anilines is 1. The van der Waals surface area contributed by atoms with Crippen LogP contribution in [0, 0.1) is 0 Å². The van der Waals surface area contributed by atoms with Crippen LogP contribution in [0.25, 0.3) is 10.7 Å². The third kappa shape index (κ3) is 4.08. The smallest absolute Gasteiger partial charge is 0.234 e. The standard InChI is InChI=1S/C15H13ClN4O2S2/c1-22-11-5-4-9(16)7-10(11)17-13(21)8-24-15-18-14(19-20-15)12-3-2-6-23-12/h2-7H,8H2,1H3,(H,17,21)(H,18,19,20).